The van der Waals surface area contributed by atoms with Gasteiger partial charge in [0.15, 0.2) is 11.5 Å². The zero-order chi connectivity index (χ0) is 21.5. The topological polar surface area (TPSA) is 87.7 Å². The number of nitrogens with one attached hydrogen (secondary N) is 1. The normalized spacial score (nSPS) is 20.9. The van der Waals surface area contributed by atoms with Crippen LogP contribution in [0.3, 0.4) is 0 Å². The van der Waals surface area contributed by atoms with Gasteiger partial charge in [0.2, 0.25) is 5.91 Å². The van der Waals surface area contributed by atoms with Gasteiger partial charge < -0.3 is 19.9 Å². The fourth-order valence-corrected chi connectivity index (χ4v) is 3.38. The van der Waals surface area contributed by atoms with E-state index in [4.69, 9.17) is 4.74 Å². The zero-order valence-electron chi connectivity index (χ0n) is 17.2. The van der Waals surface area contributed by atoms with Crippen LogP contribution in [0.25, 0.3) is 0 Å². The van der Waals surface area contributed by atoms with Crippen LogP contribution in [0.4, 0.5) is 14.6 Å². The molecular formula is C20H27F2N5O3. The molecule has 8 nitrogen and oxygen atoms in total. The van der Waals surface area contributed by atoms with E-state index in [0.29, 0.717) is 24.9 Å². The molecule has 2 aliphatic carbocycles. The number of halogens is 2. The van der Waals surface area contributed by atoms with Gasteiger partial charge >= 0.3 is 0 Å². The molecule has 1 aliphatic heterocycles. The van der Waals surface area contributed by atoms with Gasteiger partial charge in [-0.25, -0.2) is 18.7 Å². The van der Waals surface area contributed by atoms with E-state index in [1.165, 1.54) is 16.0 Å². The van der Waals surface area contributed by atoms with Gasteiger partial charge in [0.25, 0.3) is 17.7 Å². The van der Waals surface area contributed by atoms with Crippen molar-refractivity contribution in [2.75, 3.05) is 38.7 Å². The Labute approximate surface area is 174 Å². The summed E-state index contributed by atoms with van der Waals surface area (Å²) < 4.78 is 32.3. The molecule has 1 unspecified atom stereocenters. The van der Waals surface area contributed by atoms with Crippen molar-refractivity contribution in [3.63, 3.8) is 0 Å². The van der Waals surface area contributed by atoms with E-state index < -0.39 is 31.0 Å². The summed E-state index contributed by atoms with van der Waals surface area (Å²) >= 11 is 0. The summed E-state index contributed by atoms with van der Waals surface area (Å²) in [5.74, 6) is -2.28. The first-order valence-electron chi connectivity index (χ1n) is 10.4. The number of carbonyl (C=O) groups excluding carboxylic acids is 2. The van der Waals surface area contributed by atoms with Gasteiger partial charge in [-0.3, -0.25) is 9.59 Å². The first-order chi connectivity index (χ1) is 14.2. The molecule has 0 aromatic carbocycles. The number of ether oxygens (including phenoxy) is 1. The largest absolute Gasteiger partial charge is 0.475 e. The minimum atomic E-state index is -2.76. The van der Waals surface area contributed by atoms with Crippen LogP contribution in [0, 0.1) is 11.8 Å². The predicted molar refractivity (Wildman–Crippen MR) is 105 cm³/mol. The molecule has 0 bridgehead atoms. The quantitative estimate of drug-likeness (QED) is 0.651. The summed E-state index contributed by atoms with van der Waals surface area (Å²) in [5, 5.41) is 2.76. The highest BCUT2D eigenvalue weighted by Gasteiger charge is 2.46. The second-order valence-corrected chi connectivity index (χ2v) is 8.79. The Morgan fingerprint density at radius 1 is 1.27 bits per heavy atom. The number of likely N-dealkylation sites (N-methyl/N-ethyl adjacent to an activating group) is 1. The molecule has 2 amide bonds. The zero-order valence-corrected chi connectivity index (χ0v) is 17.2. The summed E-state index contributed by atoms with van der Waals surface area (Å²) in [6.07, 6.45) is 6.06. The molecule has 1 atom stereocenters. The molecule has 0 radical (unpaired) electrons. The van der Waals surface area contributed by atoms with Gasteiger partial charge in [-0.2, -0.15) is 0 Å². The second-order valence-electron chi connectivity index (χ2n) is 8.79. The summed E-state index contributed by atoms with van der Waals surface area (Å²) in [6.45, 7) is -0.484. The van der Waals surface area contributed by atoms with E-state index in [0.717, 1.165) is 25.7 Å². The van der Waals surface area contributed by atoms with Crippen molar-refractivity contribution >= 4 is 17.6 Å². The summed E-state index contributed by atoms with van der Waals surface area (Å²) in [7, 11) is 3.30. The molecule has 1 saturated heterocycles. The Hall–Kier alpha value is -2.52. The van der Waals surface area contributed by atoms with Crippen LogP contribution in [-0.2, 0) is 4.79 Å². The Morgan fingerprint density at radius 2 is 1.93 bits per heavy atom. The maximum absolute atomic E-state index is 13.3. The summed E-state index contributed by atoms with van der Waals surface area (Å²) in [5.41, 5.74) is 0.00387. The van der Waals surface area contributed by atoms with E-state index in [9.17, 15) is 18.4 Å². The highest BCUT2D eigenvalue weighted by Crippen LogP contribution is 2.37. The van der Waals surface area contributed by atoms with Gasteiger partial charge in [-0.1, -0.05) is 12.8 Å². The molecule has 1 aromatic heterocycles. The second kappa shape index (κ2) is 7.96. The summed E-state index contributed by atoms with van der Waals surface area (Å²) in [4.78, 5) is 36.5. The van der Waals surface area contributed by atoms with E-state index in [2.05, 4.69) is 15.3 Å². The number of carbonyl (C=O) groups is 2. The molecule has 1 N–H and O–H groups in total. The maximum atomic E-state index is 13.3. The van der Waals surface area contributed by atoms with E-state index in [1.54, 1.807) is 14.1 Å². The van der Waals surface area contributed by atoms with Crippen LogP contribution in [0.2, 0.25) is 0 Å². The number of aromatic nitrogens is 2. The van der Waals surface area contributed by atoms with Crippen molar-refractivity contribution in [1.29, 1.82) is 0 Å². The number of hydrogen-bond acceptors (Lipinski definition) is 6. The number of amides is 2. The summed E-state index contributed by atoms with van der Waals surface area (Å²) in [6, 6.07) is -0.633. The Morgan fingerprint density at radius 3 is 2.50 bits per heavy atom. The average molecular weight is 423 g/mol. The fourth-order valence-electron chi connectivity index (χ4n) is 3.38. The highest BCUT2D eigenvalue weighted by molar-refractivity contribution is 5.96. The smallest absolute Gasteiger partial charge is 0.282 e. The average Bonchev–Trinajstić information content (AvgIpc) is 3.58. The molecule has 4 rings (SSSR count). The number of rotatable bonds is 9. The molecule has 0 spiro atoms. The standard InChI is InChI=1S/C20H27F2N5O3/c1-26(2)19(29)14(7-12-3-4-12)24-17(28)15-8-23-16(27-10-20(21,22)11-27)18(25-15)30-9-13-5-6-13/h8,12-14H,3-7,9-11H2,1-2H3,(H,24,28). The van der Waals surface area contributed by atoms with Crippen LogP contribution >= 0.6 is 0 Å². The molecule has 10 heteroatoms. The lowest BCUT2D eigenvalue weighted by Gasteiger charge is -2.39. The maximum Gasteiger partial charge on any atom is 0.282 e. The lowest BCUT2D eigenvalue weighted by atomic mass is 10.1. The van der Waals surface area contributed by atoms with Crippen LogP contribution in [-0.4, -0.2) is 72.4 Å². The predicted octanol–water partition coefficient (Wildman–Crippen LogP) is 1.71. The van der Waals surface area contributed by atoms with Crippen molar-refractivity contribution in [1.82, 2.24) is 20.2 Å². The van der Waals surface area contributed by atoms with Crippen LogP contribution in [0.1, 0.15) is 42.6 Å². The van der Waals surface area contributed by atoms with Crippen LogP contribution in [0.15, 0.2) is 6.20 Å². The van der Waals surface area contributed by atoms with E-state index in [1.807, 2.05) is 0 Å². The molecule has 164 valence electrons. The van der Waals surface area contributed by atoms with Crippen molar-refractivity contribution < 1.29 is 23.1 Å². The van der Waals surface area contributed by atoms with Gasteiger partial charge in [-0.05, 0) is 31.1 Å². The minimum absolute atomic E-state index is 0.00387. The van der Waals surface area contributed by atoms with Crippen molar-refractivity contribution in [3.8, 4) is 5.88 Å². The molecule has 1 aromatic rings. The number of nitrogens with zero attached hydrogens (tertiary/aromatic N) is 4. The Bertz CT molecular complexity index is 819. The number of alkyl halides is 2. The van der Waals surface area contributed by atoms with Crippen LogP contribution in [0.5, 0.6) is 5.88 Å². The van der Waals surface area contributed by atoms with Gasteiger partial charge in [0, 0.05) is 14.1 Å². The molecule has 30 heavy (non-hydrogen) atoms. The van der Waals surface area contributed by atoms with Crippen molar-refractivity contribution in [2.24, 2.45) is 11.8 Å². The first-order valence-corrected chi connectivity index (χ1v) is 10.4. The van der Waals surface area contributed by atoms with Crippen molar-refractivity contribution in [3.05, 3.63) is 11.9 Å². The molecule has 3 fully saturated rings. The van der Waals surface area contributed by atoms with E-state index in [-0.39, 0.29) is 23.3 Å². The highest BCUT2D eigenvalue weighted by atomic mass is 19.3. The SMILES string of the molecule is CN(C)C(=O)C(CC1CC1)NC(=O)c1cnc(N2CC(F)(F)C2)c(OCC2CC2)n1. The Balaban J connectivity index is 1.49. The minimum Gasteiger partial charge on any atom is -0.475 e. The molecule has 3 aliphatic rings. The van der Waals surface area contributed by atoms with E-state index >= 15 is 0 Å². The first kappa shape index (κ1) is 20.7. The van der Waals surface area contributed by atoms with Crippen LogP contribution < -0.4 is 15.0 Å². The molecule has 2 saturated carbocycles. The third-order valence-corrected chi connectivity index (χ3v) is 5.56. The third kappa shape index (κ3) is 4.96. The number of anilines is 1. The fraction of sp³-hybridized carbons (Fsp3) is 0.700. The number of hydrogen-bond donors (Lipinski definition) is 1. The lowest BCUT2D eigenvalue weighted by Crippen LogP contribution is -2.56. The van der Waals surface area contributed by atoms with Gasteiger partial charge in [0.05, 0.1) is 25.9 Å². The van der Waals surface area contributed by atoms with Gasteiger partial charge in [-0.15, -0.1) is 0 Å². The monoisotopic (exact) mass is 423 g/mol. The third-order valence-electron chi connectivity index (χ3n) is 5.56. The Kier molecular flexibility index (Phi) is 5.50. The molecule has 2 heterocycles. The molecular weight excluding hydrogens is 396 g/mol. The lowest BCUT2D eigenvalue weighted by molar-refractivity contribution is -0.131. The van der Waals surface area contributed by atoms with Gasteiger partial charge in [0.1, 0.15) is 6.04 Å². The van der Waals surface area contributed by atoms with Crippen molar-refractivity contribution in [2.45, 2.75) is 44.1 Å².